The first-order chi connectivity index (χ1) is 12.8. The molecule has 0 saturated heterocycles. The van der Waals surface area contributed by atoms with E-state index in [0.717, 1.165) is 0 Å². The van der Waals surface area contributed by atoms with Crippen LogP contribution in [0.5, 0.6) is 0 Å². The van der Waals surface area contributed by atoms with Crippen LogP contribution in [-0.4, -0.2) is 44.5 Å². The van der Waals surface area contributed by atoms with Crippen molar-refractivity contribution in [2.45, 2.75) is 11.8 Å². The van der Waals surface area contributed by atoms with Crippen molar-refractivity contribution < 1.29 is 32.1 Å². The fourth-order valence-corrected chi connectivity index (χ4v) is 2.78. The predicted octanol–water partition coefficient (Wildman–Crippen LogP) is 0.0932. The number of anilines is 2. The van der Waals surface area contributed by atoms with E-state index in [-0.39, 0.29) is 16.6 Å². The predicted molar refractivity (Wildman–Crippen MR) is 92.0 cm³/mol. The first-order valence-electron chi connectivity index (χ1n) is 7.49. The summed E-state index contributed by atoms with van der Waals surface area (Å²) in [5.41, 5.74) is 0.430. The van der Waals surface area contributed by atoms with E-state index in [1.54, 1.807) is 0 Å². The maximum Gasteiger partial charge on any atom is 0.321 e. The van der Waals surface area contributed by atoms with E-state index in [0.29, 0.717) is 5.69 Å². The number of carbonyl (C=O) groups is 3. The Kier molecular flexibility index (Phi) is 6.62. The van der Waals surface area contributed by atoms with Crippen molar-refractivity contribution in [1.29, 1.82) is 0 Å². The van der Waals surface area contributed by atoms with E-state index in [2.05, 4.69) is 29.8 Å². The number of hydrogen-bond acceptors (Lipinski definition) is 8. The number of ether oxygens (including phenoxy) is 1. The third-order valence-electron chi connectivity index (χ3n) is 2.96. The third-order valence-corrected chi connectivity index (χ3v) is 4.38. The normalized spacial score (nSPS) is 10.9. The molecule has 144 valence electrons. The number of rotatable bonds is 8. The molecule has 0 aliphatic rings. The summed E-state index contributed by atoms with van der Waals surface area (Å²) in [6, 6.07) is 6.74. The lowest BCUT2D eigenvalue weighted by atomic mass is 10.3. The van der Waals surface area contributed by atoms with Crippen LogP contribution in [0.2, 0.25) is 0 Å². The highest BCUT2D eigenvalue weighted by molar-refractivity contribution is 7.89. The molecule has 0 atom stereocenters. The quantitative estimate of drug-likeness (QED) is 0.530. The molecular formula is C15H16N4O7S. The lowest BCUT2D eigenvalue weighted by molar-refractivity contribution is -0.146. The van der Waals surface area contributed by atoms with Crippen molar-refractivity contribution in [2.75, 3.05) is 23.8 Å². The van der Waals surface area contributed by atoms with Crippen molar-refractivity contribution in [3.63, 3.8) is 0 Å². The SMILES string of the molecule is CC(=O)Nc1ccc(S(=O)(=O)NCC(=O)OCC(=O)Nc2ccon2)cc1. The first-order valence-corrected chi connectivity index (χ1v) is 8.98. The van der Waals surface area contributed by atoms with Gasteiger partial charge in [-0.05, 0) is 24.3 Å². The van der Waals surface area contributed by atoms with E-state index in [4.69, 9.17) is 0 Å². The molecule has 0 bridgehead atoms. The smallest absolute Gasteiger partial charge is 0.321 e. The minimum Gasteiger partial charge on any atom is -0.455 e. The fraction of sp³-hybridized carbons (Fsp3) is 0.200. The second-order valence-electron chi connectivity index (χ2n) is 5.12. The number of nitrogens with one attached hydrogen (secondary N) is 3. The van der Waals surface area contributed by atoms with Gasteiger partial charge in [0.05, 0.1) is 4.90 Å². The molecule has 0 unspecified atom stereocenters. The fourth-order valence-electron chi connectivity index (χ4n) is 1.81. The topological polar surface area (TPSA) is 157 Å². The van der Waals surface area contributed by atoms with Crippen LogP contribution in [0, 0.1) is 0 Å². The van der Waals surface area contributed by atoms with Gasteiger partial charge in [-0.2, -0.15) is 4.72 Å². The Hall–Kier alpha value is -3.25. The molecule has 1 aromatic carbocycles. The first kappa shape index (κ1) is 20.1. The van der Waals surface area contributed by atoms with Gasteiger partial charge in [0.1, 0.15) is 12.8 Å². The van der Waals surface area contributed by atoms with Crippen LogP contribution < -0.4 is 15.4 Å². The summed E-state index contributed by atoms with van der Waals surface area (Å²) in [4.78, 5) is 33.9. The minimum atomic E-state index is -3.97. The summed E-state index contributed by atoms with van der Waals surface area (Å²) in [5, 5.41) is 8.25. The number of aromatic nitrogens is 1. The molecule has 12 heteroatoms. The van der Waals surface area contributed by atoms with Crippen molar-refractivity contribution in [1.82, 2.24) is 9.88 Å². The molecule has 0 aliphatic carbocycles. The zero-order valence-corrected chi connectivity index (χ0v) is 14.9. The number of hydrogen-bond donors (Lipinski definition) is 3. The van der Waals surface area contributed by atoms with Crippen LogP contribution in [0.1, 0.15) is 6.92 Å². The molecule has 0 radical (unpaired) electrons. The summed E-state index contributed by atoms with van der Waals surface area (Å²) >= 11 is 0. The largest absolute Gasteiger partial charge is 0.455 e. The molecule has 0 fully saturated rings. The number of amides is 2. The number of esters is 1. The van der Waals surface area contributed by atoms with Crippen molar-refractivity contribution in [3.8, 4) is 0 Å². The second kappa shape index (κ2) is 8.91. The minimum absolute atomic E-state index is 0.104. The van der Waals surface area contributed by atoms with Gasteiger partial charge in [-0.15, -0.1) is 0 Å². The molecule has 1 heterocycles. The van der Waals surface area contributed by atoms with Gasteiger partial charge in [0.25, 0.3) is 5.91 Å². The van der Waals surface area contributed by atoms with E-state index in [1.165, 1.54) is 43.5 Å². The monoisotopic (exact) mass is 396 g/mol. The highest BCUT2D eigenvalue weighted by Crippen LogP contribution is 2.13. The van der Waals surface area contributed by atoms with Gasteiger partial charge in [0.15, 0.2) is 12.4 Å². The standard InChI is InChI=1S/C15H16N4O7S/c1-10(20)17-11-2-4-12(5-3-11)27(23,24)16-8-15(22)25-9-14(21)18-13-6-7-26-19-13/h2-7,16H,8-9H2,1H3,(H,17,20)(H,18,19,21). The van der Waals surface area contributed by atoms with E-state index in [1.807, 2.05) is 0 Å². The molecule has 2 rings (SSSR count). The number of nitrogens with zero attached hydrogens (tertiary/aromatic N) is 1. The average Bonchev–Trinajstić information content (AvgIpc) is 3.11. The summed E-state index contributed by atoms with van der Waals surface area (Å²) < 4.78 is 35.5. The Balaban J connectivity index is 1.80. The van der Waals surface area contributed by atoms with Crippen LogP contribution in [0.15, 0.2) is 46.0 Å². The van der Waals surface area contributed by atoms with E-state index >= 15 is 0 Å². The molecule has 0 spiro atoms. The van der Waals surface area contributed by atoms with Crippen LogP contribution in [0.25, 0.3) is 0 Å². The van der Waals surface area contributed by atoms with Gasteiger partial charge in [-0.3, -0.25) is 14.4 Å². The molecular weight excluding hydrogens is 380 g/mol. The molecule has 2 amide bonds. The van der Waals surface area contributed by atoms with E-state index in [9.17, 15) is 22.8 Å². The maximum absolute atomic E-state index is 12.1. The second-order valence-corrected chi connectivity index (χ2v) is 6.89. The van der Waals surface area contributed by atoms with Crippen molar-refractivity contribution >= 4 is 39.3 Å². The van der Waals surface area contributed by atoms with Gasteiger partial charge < -0.3 is 19.9 Å². The average molecular weight is 396 g/mol. The number of sulfonamides is 1. The van der Waals surface area contributed by atoms with Gasteiger partial charge in [-0.25, -0.2) is 8.42 Å². The van der Waals surface area contributed by atoms with Crippen molar-refractivity contribution in [3.05, 3.63) is 36.6 Å². The Bertz CT molecular complexity index is 908. The van der Waals surface area contributed by atoms with Crippen molar-refractivity contribution in [2.24, 2.45) is 0 Å². The van der Waals surface area contributed by atoms with Gasteiger partial charge in [0.2, 0.25) is 15.9 Å². The molecule has 2 aromatic rings. The molecule has 0 saturated carbocycles. The third kappa shape index (κ3) is 6.52. The summed E-state index contributed by atoms with van der Waals surface area (Å²) in [7, 11) is -3.97. The van der Waals surface area contributed by atoms with Crippen LogP contribution in [-0.2, 0) is 29.1 Å². The summed E-state index contributed by atoms with van der Waals surface area (Å²) in [6.45, 7) is 0.0512. The molecule has 0 aliphatic heterocycles. The Labute approximate surface area is 154 Å². The Morgan fingerprint density at radius 3 is 2.41 bits per heavy atom. The molecule has 27 heavy (non-hydrogen) atoms. The zero-order valence-electron chi connectivity index (χ0n) is 14.1. The Morgan fingerprint density at radius 1 is 1.11 bits per heavy atom. The highest BCUT2D eigenvalue weighted by Gasteiger charge is 2.17. The van der Waals surface area contributed by atoms with Crippen LogP contribution in [0.3, 0.4) is 0 Å². The zero-order chi connectivity index (χ0) is 19.9. The van der Waals surface area contributed by atoms with Gasteiger partial charge in [-0.1, -0.05) is 5.16 Å². The van der Waals surface area contributed by atoms with E-state index < -0.39 is 35.1 Å². The molecule has 11 nitrogen and oxygen atoms in total. The van der Waals surface area contributed by atoms with Gasteiger partial charge >= 0.3 is 5.97 Å². The maximum atomic E-state index is 12.1. The summed E-state index contributed by atoms with van der Waals surface area (Å²) in [6.07, 6.45) is 1.25. The molecule has 1 aromatic heterocycles. The number of carbonyl (C=O) groups excluding carboxylic acids is 3. The molecule has 3 N–H and O–H groups in total. The van der Waals surface area contributed by atoms with Gasteiger partial charge in [0, 0.05) is 18.7 Å². The number of benzene rings is 1. The summed E-state index contributed by atoms with van der Waals surface area (Å²) in [5.74, 6) is -1.74. The Morgan fingerprint density at radius 2 is 1.81 bits per heavy atom. The van der Waals surface area contributed by atoms with Crippen LogP contribution >= 0.6 is 0 Å². The lowest BCUT2D eigenvalue weighted by Gasteiger charge is -2.08. The lowest BCUT2D eigenvalue weighted by Crippen LogP contribution is -2.32. The highest BCUT2D eigenvalue weighted by atomic mass is 32.2. The van der Waals surface area contributed by atoms with Crippen LogP contribution in [0.4, 0.5) is 11.5 Å².